The molecule has 2 nitrogen and oxygen atoms in total. The summed E-state index contributed by atoms with van der Waals surface area (Å²) >= 11 is 0. The lowest BCUT2D eigenvalue weighted by molar-refractivity contribution is -0.0616. The molecule has 0 bridgehead atoms. The molecule has 0 aromatic rings. The Morgan fingerprint density at radius 2 is 2.20 bits per heavy atom. The van der Waals surface area contributed by atoms with Crippen LogP contribution in [0.2, 0.25) is 0 Å². The van der Waals surface area contributed by atoms with E-state index in [2.05, 4.69) is 10.5 Å². The molecular formula is C5H7F3N2. The average molecular weight is 152 g/mol. The third kappa shape index (κ3) is 1.22. The van der Waals surface area contributed by atoms with E-state index < -0.39 is 17.8 Å². The topological polar surface area (TPSA) is 24.4 Å². The van der Waals surface area contributed by atoms with E-state index in [1.165, 1.54) is 6.92 Å². The minimum Gasteiger partial charge on any atom is -0.309 e. The molecular weight excluding hydrogens is 145 g/mol. The smallest absolute Gasteiger partial charge is 0.309 e. The van der Waals surface area contributed by atoms with Crippen molar-refractivity contribution >= 4 is 5.71 Å². The monoisotopic (exact) mass is 152 g/mol. The molecule has 0 radical (unpaired) electrons. The van der Waals surface area contributed by atoms with E-state index in [0.29, 0.717) is 0 Å². The third-order valence-electron chi connectivity index (χ3n) is 1.35. The summed E-state index contributed by atoms with van der Waals surface area (Å²) in [6.45, 7) is 1.78. The van der Waals surface area contributed by atoms with Gasteiger partial charge in [-0.15, -0.1) is 0 Å². The maximum atomic E-state index is 11.8. The molecule has 1 heterocycles. The van der Waals surface area contributed by atoms with Crippen LogP contribution in [-0.2, 0) is 0 Å². The molecule has 1 atom stereocenters. The number of alkyl halides is 3. The first-order chi connectivity index (χ1) is 4.52. The largest absolute Gasteiger partial charge is 0.431 e. The zero-order valence-electron chi connectivity index (χ0n) is 5.37. The van der Waals surface area contributed by atoms with Gasteiger partial charge in [-0.25, -0.2) is 0 Å². The van der Waals surface area contributed by atoms with Gasteiger partial charge in [-0.3, -0.25) is 0 Å². The number of hydrogen-bond acceptors (Lipinski definition) is 2. The van der Waals surface area contributed by atoms with Crippen LogP contribution in [0, 0.1) is 5.92 Å². The van der Waals surface area contributed by atoms with Crippen molar-refractivity contribution in [3.05, 3.63) is 0 Å². The summed E-state index contributed by atoms with van der Waals surface area (Å²) < 4.78 is 35.5. The fourth-order valence-corrected chi connectivity index (χ4v) is 0.817. The van der Waals surface area contributed by atoms with Gasteiger partial charge in [-0.2, -0.15) is 18.3 Å². The van der Waals surface area contributed by atoms with Gasteiger partial charge in [0, 0.05) is 12.5 Å². The Morgan fingerprint density at radius 3 is 2.40 bits per heavy atom. The van der Waals surface area contributed by atoms with E-state index in [1.54, 1.807) is 0 Å². The first-order valence-electron chi connectivity index (χ1n) is 2.89. The maximum absolute atomic E-state index is 11.8. The first-order valence-corrected chi connectivity index (χ1v) is 2.89. The lowest BCUT2D eigenvalue weighted by Gasteiger charge is -2.07. The number of nitrogens with one attached hydrogen (secondary N) is 1. The molecule has 0 aliphatic carbocycles. The molecule has 0 fully saturated rings. The molecule has 58 valence electrons. The second kappa shape index (κ2) is 2.14. The lowest BCUT2D eigenvalue weighted by Crippen LogP contribution is -2.27. The minimum absolute atomic E-state index is 0.287. The van der Waals surface area contributed by atoms with E-state index in [9.17, 15) is 13.2 Å². The highest BCUT2D eigenvalue weighted by Crippen LogP contribution is 2.23. The second-order valence-corrected chi connectivity index (χ2v) is 2.26. The van der Waals surface area contributed by atoms with Gasteiger partial charge in [0.05, 0.1) is 0 Å². The van der Waals surface area contributed by atoms with Gasteiger partial charge in [-0.05, 0) is 0 Å². The second-order valence-electron chi connectivity index (χ2n) is 2.26. The third-order valence-corrected chi connectivity index (χ3v) is 1.35. The Bertz CT molecular complexity index is 161. The number of hydrazone groups is 1. The molecule has 10 heavy (non-hydrogen) atoms. The van der Waals surface area contributed by atoms with Crippen molar-refractivity contribution < 1.29 is 13.2 Å². The quantitative estimate of drug-likeness (QED) is 0.553. The zero-order chi connectivity index (χ0) is 7.78. The van der Waals surface area contributed by atoms with Gasteiger partial charge < -0.3 is 5.43 Å². The van der Waals surface area contributed by atoms with Crippen LogP contribution >= 0.6 is 0 Å². The Balaban J connectivity index is 2.72. The summed E-state index contributed by atoms with van der Waals surface area (Å²) in [5.74, 6) is -0.514. The molecule has 1 aliphatic rings. The van der Waals surface area contributed by atoms with Crippen molar-refractivity contribution in [2.75, 3.05) is 6.54 Å². The summed E-state index contributed by atoms with van der Waals surface area (Å²) in [4.78, 5) is 0. The summed E-state index contributed by atoms with van der Waals surface area (Å²) in [5.41, 5.74) is 1.60. The van der Waals surface area contributed by atoms with Crippen LogP contribution in [0.15, 0.2) is 5.10 Å². The van der Waals surface area contributed by atoms with Crippen molar-refractivity contribution in [2.45, 2.75) is 13.1 Å². The molecule has 1 N–H and O–H groups in total. The van der Waals surface area contributed by atoms with Crippen LogP contribution in [0.5, 0.6) is 0 Å². The van der Waals surface area contributed by atoms with E-state index in [-0.39, 0.29) is 6.54 Å². The zero-order valence-corrected chi connectivity index (χ0v) is 5.37. The predicted molar refractivity (Wildman–Crippen MR) is 30.7 cm³/mol. The van der Waals surface area contributed by atoms with Gasteiger partial charge in [0.15, 0.2) is 0 Å². The molecule has 5 heteroatoms. The Morgan fingerprint density at radius 1 is 1.60 bits per heavy atom. The summed E-state index contributed by atoms with van der Waals surface area (Å²) in [6, 6.07) is 0. The summed E-state index contributed by atoms with van der Waals surface area (Å²) in [6.07, 6.45) is -4.26. The molecule has 0 aromatic carbocycles. The normalized spacial score (nSPS) is 26.0. The highest BCUT2D eigenvalue weighted by Gasteiger charge is 2.41. The van der Waals surface area contributed by atoms with Crippen molar-refractivity contribution in [3.63, 3.8) is 0 Å². The lowest BCUT2D eigenvalue weighted by atomic mass is 10.1. The fraction of sp³-hybridized carbons (Fsp3) is 0.800. The molecule has 1 rings (SSSR count). The molecule has 0 saturated heterocycles. The number of nitrogens with zero attached hydrogens (tertiary/aromatic N) is 1. The summed E-state index contributed by atoms with van der Waals surface area (Å²) in [7, 11) is 0. The molecule has 0 amide bonds. The van der Waals surface area contributed by atoms with Gasteiger partial charge in [-0.1, -0.05) is 6.92 Å². The van der Waals surface area contributed by atoms with Crippen LogP contribution in [0.25, 0.3) is 0 Å². The SMILES string of the molecule is CC1CNN=C1C(F)(F)F. The standard InChI is InChI=1S/C5H7F3N2/c1-3-2-9-10-4(3)5(6,7)8/h3,9H,2H2,1H3. The van der Waals surface area contributed by atoms with E-state index >= 15 is 0 Å². The van der Waals surface area contributed by atoms with E-state index in [1.807, 2.05) is 0 Å². The first kappa shape index (κ1) is 7.37. The van der Waals surface area contributed by atoms with Gasteiger partial charge >= 0.3 is 6.18 Å². The number of hydrogen-bond donors (Lipinski definition) is 1. The van der Waals surface area contributed by atoms with Crippen LogP contribution < -0.4 is 5.43 Å². The van der Waals surface area contributed by atoms with Crippen LogP contribution in [0.4, 0.5) is 13.2 Å². The van der Waals surface area contributed by atoms with Crippen LogP contribution in [0.1, 0.15) is 6.92 Å². The summed E-state index contributed by atoms with van der Waals surface area (Å²) in [5, 5.41) is 3.13. The minimum atomic E-state index is -4.26. The maximum Gasteiger partial charge on any atom is 0.431 e. The molecule has 0 saturated carbocycles. The predicted octanol–water partition coefficient (Wildman–Crippen LogP) is 1.14. The van der Waals surface area contributed by atoms with Crippen molar-refractivity contribution in [2.24, 2.45) is 11.0 Å². The number of halogens is 3. The highest BCUT2D eigenvalue weighted by atomic mass is 19.4. The molecule has 0 aromatic heterocycles. The van der Waals surface area contributed by atoms with Crippen LogP contribution in [0.3, 0.4) is 0 Å². The highest BCUT2D eigenvalue weighted by molar-refractivity contribution is 5.92. The van der Waals surface area contributed by atoms with Gasteiger partial charge in [0.1, 0.15) is 5.71 Å². The van der Waals surface area contributed by atoms with Crippen molar-refractivity contribution in [3.8, 4) is 0 Å². The van der Waals surface area contributed by atoms with Gasteiger partial charge in [0.2, 0.25) is 0 Å². The average Bonchev–Trinajstić information content (AvgIpc) is 2.11. The van der Waals surface area contributed by atoms with Crippen molar-refractivity contribution in [1.82, 2.24) is 5.43 Å². The van der Waals surface area contributed by atoms with E-state index in [4.69, 9.17) is 0 Å². The Hall–Kier alpha value is -0.740. The fourth-order valence-electron chi connectivity index (χ4n) is 0.817. The molecule has 0 spiro atoms. The van der Waals surface area contributed by atoms with Crippen molar-refractivity contribution in [1.29, 1.82) is 0 Å². The van der Waals surface area contributed by atoms with Crippen LogP contribution in [-0.4, -0.2) is 18.4 Å². The number of rotatable bonds is 0. The van der Waals surface area contributed by atoms with Gasteiger partial charge in [0.25, 0.3) is 0 Å². The Labute approximate surface area is 56.1 Å². The molecule has 1 unspecified atom stereocenters. The van der Waals surface area contributed by atoms with E-state index in [0.717, 1.165) is 0 Å². The molecule has 1 aliphatic heterocycles. The Kier molecular flexibility index (Phi) is 1.58.